The molecule has 0 atom stereocenters. The predicted octanol–water partition coefficient (Wildman–Crippen LogP) is 5.95. The molecule has 3 aromatic rings. The van der Waals surface area contributed by atoms with Crippen molar-refractivity contribution >= 4 is 23.5 Å². The van der Waals surface area contributed by atoms with Crippen LogP contribution in [0, 0.1) is 6.92 Å². The molecule has 2 heterocycles. The number of carbonyl (C=O) groups is 2. The molecule has 0 unspecified atom stereocenters. The van der Waals surface area contributed by atoms with E-state index in [9.17, 15) is 9.59 Å². The van der Waals surface area contributed by atoms with Crippen molar-refractivity contribution in [3.63, 3.8) is 0 Å². The van der Waals surface area contributed by atoms with Gasteiger partial charge in [-0.1, -0.05) is 45.9 Å². The maximum atomic E-state index is 13.0. The molecule has 2 aromatic heterocycles. The number of benzene rings is 1. The number of nitrogens with zero attached hydrogens (tertiary/aromatic N) is 4. The summed E-state index contributed by atoms with van der Waals surface area (Å²) in [6, 6.07) is 12.9. The van der Waals surface area contributed by atoms with Gasteiger partial charge in [0, 0.05) is 39.5 Å². The molecule has 0 spiro atoms. The van der Waals surface area contributed by atoms with E-state index in [0.717, 1.165) is 22.5 Å². The lowest BCUT2D eigenvalue weighted by atomic mass is 10.1. The third kappa shape index (κ3) is 9.18. The van der Waals surface area contributed by atoms with Gasteiger partial charge in [0.05, 0.1) is 18.6 Å². The van der Waals surface area contributed by atoms with Crippen molar-refractivity contribution < 1.29 is 19.4 Å². The van der Waals surface area contributed by atoms with E-state index in [1.54, 1.807) is 38.6 Å². The zero-order valence-corrected chi connectivity index (χ0v) is 24.0. The highest BCUT2D eigenvalue weighted by molar-refractivity contribution is 5.99. The molecule has 0 aliphatic heterocycles. The number of amides is 1. The fraction of sp³-hybridized carbons (Fsp3) is 0.400. The average Bonchev–Trinajstić information content (AvgIpc) is 2.93. The van der Waals surface area contributed by atoms with E-state index in [0.29, 0.717) is 36.7 Å². The normalized spacial score (nSPS) is 9.79. The Morgan fingerprint density at radius 2 is 1.68 bits per heavy atom. The average molecular weight is 523 g/mol. The molecule has 8 nitrogen and oxygen atoms in total. The lowest BCUT2D eigenvalue weighted by molar-refractivity contribution is -0.136. The van der Waals surface area contributed by atoms with Gasteiger partial charge >= 0.3 is 5.97 Å². The highest BCUT2D eigenvalue weighted by atomic mass is 16.5. The first-order chi connectivity index (χ1) is 18.3. The van der Waals surface area contributed by atoms with Crippen molar-refractivity contribution in [2.75, 3.05) is 32.1 Å². The van der Waals surface area contributed by atoms with E-state index in [2.05, 4.69) is 9.97 Å². The molecule has 0 fully saturated rings. The van der Waals surface area contributed by atoms with Crippen molar-refractivity contribution in [3.8, 4) is 5.75 Å². The molecule has 1 N–H and O–H groups in total. The van der Waals surface area contributed by atoms with Crippen LogP contribution in [0.4, 0.5) is 11.6 Å². The van der Waals surface area contributed by atoms with Gasteiger partial charge in [-0.15, -0.1) is 0 Å². The molecular formula is C30H42N4O4. The first kappa shape index (κ1) is 32.1. The summed E-state index contributed by atoms with van der Waals surface area (Å²) in [5, 5.41) is 8.95. The Balaban J connectivity index is 0.00000172. The molecule has 8 heteroatoms. The topological polar surface area (TPSA) is 95.9 Å². The molecule has 0 saturated heterocycles. The summed E-state index contributed by atoms with van der Waals surface area (Å²) in [4.78, 5) is 36.4. The van der Waals surface area contributed by atoms with E-state index in [-0.39, 0.29) is 12.3 Å². The van der Waals surface area contributed by atoms with Gasteiger partial charge in [0.2, 0.25) is 0 Å². The van der Waals surface area contributed by atoms with Crippen LogP contribution in [0.15, 0.2) is 54.9 Å². The largest absolute Gasteiger partial charge is 0.493 e. The number of anilines is 2. The highest BCUT2D eigenvalue weighted by Gasteiger charge is 2.21. The van der Waals surface area contributed by atoms with Crippen LogP contribution >= 0.6 is 0 Å². The van der Waals surface area contributed by atoms with Crippen molar-refractivity contribution in [2.24, 2.45) is 0 Å². The standard InChI is InChI=1S/C26H30N4O4.2C2H6/c1-5-30(23-8-6-7-12-27-23)25-21(26(33)29(3)4)15-20(17-28-25)11-13-34-22-10-9-19(14-18(22)2)16-24(31)32;2*1-2/h6-10,12,14-15,17H,5,11,13,16H2,1-4H3,(H,31,32);2*1-2H3. The van der Waals surface area contributed by atoms with Crippen LogP contribution in [0.5, 0.6) is 5.75 Å². The van der Waals surface area contributed by atoms with E-state index in [1.807, 2.05) is 76.8 Å². The Bertz CT molecular complexity index is 1150. The van der Waals surface area contributed by atoms with Crippen LogP contribution in [0.3, 0.4) is 0 Å². The minimum absolute atomic E-state index is 0.0188. The fourth-order valence-corrected chi connectivity index (χ4v) is 3.62. The van der Waals surface area contributed by atoms with Gasteiger partial charge in [0.25, 0.3) is 5.91 Å². The lowest BCUT2D eigenvalue weighted by Gasteiger charge is -2.24. The summed E-state index contributed by atoms with van der Waals surface area (Å²) < 4.78 is 5.93. The number of hydrogen-bond donors (Lipinski definition) is 1. The first-order valence-corrected chi connectivity index (χ1v) is 13.1. The van der Waals surface area contributed by atoms with Crippen LogP contribution < -0.4 is 9.64 Å². The van der Waals surface area contributed by atoms with E-state index in [4.69, 9.17) is 9.84 Å². The second kappa shape index (κ2) is 16.7. The number of rotatable bonds is 10. The number of aromatic nitrogens is 2. The van der Waals surface area contributed by atoms with Gasteiger partial charge in [0.1, 0.15) is 17.4 Å². The van der Waals surface area contributed by atoms with Gasteiger partial charge in [-0.25, -0.2) is 9.97 Å². The number of ether oxygens (including phenoxy) is 1. The number of carboxylic acid groups (broad SMARTS) is 1. The molecule has 1 aromatic carbocycles. The number of hydrogen-bond acceptors (Lipinski definition) is 6. The fourth-order valence-electron chi connectivity index (χ4n) is 3.62. The van der Waals surface area contributed by atoms with Crippen molar-refractivity contribution in [1.82, 2.24) is 14.9 Å². The molecule has 1 amide bonds. The molecule has 38 heavy (non-hydrogen) atoms. The number of aliphatic carboxylic acids is 1. The van der Waals surface area contributed by atoms with E-state index >= 15 is 0 Å². The third-order valence-electron chi connectivity index (χ3n) is 5.30. The summed E-state index contributed by atoms with van der Waals surface area (Å²) in [6.07, 6.45) is 4.02. The minimum atomic E-state index is -0.864. The molecule has 0 bridgehead atoms. The van der Waals surface area contributed by atoms with Gasteiger partial charge in [-0.3, -0.25) is 9.59 Å². The number of aryl methyl sites for hydroxylation is 1. The maximum absolute atomic E-state index is 13.0. The summed E-state index contributed by atoms with van der Waals surface area (Å²) >= 11 is 0. The molecule has 0 radical (unpaired) electrons. The highest BCUT2D eigenvalue weighted by Crippen LogP contribution is 2.27. The monoisotopic (exact) mass is 522 g/mol. The van der Waals surface area contributed by atoms with Crippen LogP contribution in [0.2, 0.25) is 0 Å². The van der Waals surface area contributed by atoms with Gasteiger partial charge < -0.3 is 19.6 Å². The van der Waals surface area contributed by atoms with Crippen LogP contribution in [-0.4, -0.2) is 59.1 Å². The zero-order chi connectivity index (χ0) is 28.7. The SMILES string of the molecule is CC.CC.CCN(c1ccccn1)c1ncc(CCOc2ccc(CC(=O)O)cc2C)cc1C(=O)N(C)C. The Hall–Kier alpha value is -3.94. The summed E-state index contributed by atoms with van der Waals surface area (Å²) in [5.74, 6) is 0.995. The Kier molecular flexibility index (Phi) is 14.1. The van der Waals surface area contributed by atoms with Crippen LogP contribution in [0.1, 0.15) is 61.7 Å². The number of pyridine rings is 2. The quantitative estimate of drug-likeness (QED) is 0.352. The number of carboxylic acids is 1. The summed E-state index contributed by atoms with van der Waals surface area (Å²) in [5.41, 5.74) is 3.00. The molecule has 0 aliphatic rings. The summed E-state index contributed by atoms with van der Waals surface area (Å²) in [6.45, 7) is 12.9. The molecule has 0 saturated carbocycles. The minimum Gasteiger partial charge on any atom is -0.493 e. The summed E-state index contributed by atoms with van der Waals surface area (Å²) in [7, 11) is 3.44. The molecule has 206 valence electrons. The van der Waals surface area contributed by atoms with E-state index < -0.39 is 5.97 Å². The second-order valence-electron chi connectivity index (χ2n) is 8.12. The van der Waals surface area contributed by atoms with E-state index in [1.165, 1.54) is 4.90 Å². The molecular weight excluding hydrogens is 480 g/mol. The second-order valence-corrected chi connectivity index (χ2v) is 8.12. The number of carbonyl (C=O) groups excluding carboxylic acids is 1. The predicted molar refractivity (Wildman–Crippen MR) is 154 cm³/mol. The maximum Gasteiger partial charge on any atom is 0.307 e. The lowest BCUT2D eigenvalue weighted by Crippen LogP contribution is -2.27. The Morgan fingerprint density at radius 1 is 0.974 bits per heavy atom. The zero-order valence-electron chi connectivity index (χ0n) is 24.0. The van der Waals surface area contributed by atoms with Crippen LogP contribution in [-0.2, 0) is 17.6 Å². The molecule has 0 aliphatic carbocycles. The van der Waals surface area contributed by atoms with Crippen molar-refractivity contribution in [2.45, 2.75) is 54.4 Å². The Labute approximate surface area is 227 Å². The van der Waals surface area contributed by atoms with Crippen molar-refractivity contribution in [1.29, 1.82) is 0 Å². The van der Waals surface area contributed by atoms with Gasteiger partial charge in [0.15, 0.2) is 0 Å². The first-order valence-electron chi connectivity index (χ1n) is 13.1. The third-order valence-corrected chi connectivity index (χ3v) is 5.30. The Morgan fingerprint density at radius 3 is 2.24 bits per heavy atom. The van der Waals surface area contributed by atoms with Gasteiger partial charge in [-0.2, -0.15) is 0 Å². The molecule has 3 rings (SSSR count). The van der Waals surface area contributed by atoms with Crippen LogP contribution in [0.25, 0.3) is 0 Å². The smallest absolute Gasteiger partial charge is 0.307 e. The van der Waals surface area contributed by atoms with Gasteiger partial charge in [-0.05, 0) is 54.8 Å². The van der Waals surface area contributed by atoms with Crippen molar-refractivity contribution in [3.05, 3.63) is 77.1 Å².